The zero-order valence-electron chi connectivity index (χ0n) is 5.63. The molecule has 0 radical (unpaired) electrons. The highest BCUT2D eigenvalue weighted by molar-refractivity contribution is 5.66. The molecule has 0 aromatic carbocycles. The van der Waals surface area contributed by atoms with Gasteiger partial charge in [-0.15, -0.1) is 0 Å². The van der Waals surface area contributed by atoms with Crippen molar-refractivity contribution < 1.29 is 0 Å². The van der Waals surface area contributed by atoms with Crippen molar-refractivity contribution >= 4 is 11.3 Å². The molecule has 2 heterocycles. The van der Waals surface area contributed by atoms with Crippen LogP contribution in [0.2, 0.25) is 0 Å². The number of rotatable bonds is 0. The number of aryl methyl sites for hydroxylation is 1. The monoisotopic (exact) mass is 136 g/mol. The predicted molar refractivity (Wildman–Crippen MR) is 38.7 cm³/mol. The number of hydrogen-bond acceptors (Lipinski definition) is 2. The van der Waals surface area contributed by atoms with Crippen LogP contribution in [0.5, 0.6) is 0 Å². The molecule has 52 valence electrons. The number of aromatic amines is 1. The average Bonchev–Trinajstić information content (AvgIpc) is 2.41. The molecule has 0 saturated carbocycles. The van der Waals surface area contributed by atoms with Gasteiger partial charge in [-0.05, 0) is 6.92 Å². The van der Waals surface area contributed by atoms with E-state index in [4.69, 9.17) is 5.73 Å². The molecule has 0 unspecified atom stereocenters. The summed E-state index contributed by atoms with van der Waals surface area (Å²) in [7, 11) is 0. The van der Waals surface area contributed by atoms with Gasteiger partial charge in [0.1, 0.15) is 0 Å². The van der Waals surface area contributed by atoms with Crippen LogP contribution in [0.25, 0.3) is 5.65 Å². The van der Waals surface area contributed by atoms with Crippen LogP contribution in [-0.4, -0.2) is 14.6 Å². The zero-order chi connectivity index (χ0) is 7.14. The third kappa shape index (κ3) is 0.478. The highest BCUT2D eigenvalue weighted by Gasteiger charge is 2.03. The van der Waals surface area contributed by atoms with E-state index in [0.29, 0.717) is 0 Å². The normalized spacial score (nSPS) is 10.9. The number of fused-ring (bicyclic) bond motifs is 1. The van der Waals surface area contributed by atoms with Crippen molar-refractivity contribution in [2.75, 3.05) is 5.73 Å². The number of anilines is 1. The first-order valence-electron chi connectivity index (χ1n) is 3.07. The van der Waals surface area contributed by atoms with Crippen molar-refractivity contribution in [1.29, 1.82) is 0 Å². The van der Waals surface area contributed by atoms with Crippen LogP contribution < -0.4 is 5.73 Å². The molecule has 2 aromatic heterocycles. The average molecular weight is 136 g/mol. The standard InChI is InChI=1S/C6H8N4/c1-4-5(7)6-8-2-3-10(6)9-4/h2-3,8H,7H2,1H3. The topological polar surface area (TPSA) is 59.1 Å². The highest BCUT2D eigenvalue weighted by atomic mass is 15.3. The summed E-state index contributed by atoms with van der Waals surface area (Å²) < 4.78 is 1.73. The molecule has 0 bridgehead atoms. The number of nitrogen functional groups attached to an aromatic ring is 1. The minimum Gasteiger partial charge on any atom is -0.394 e. The molecule has 0 atom stereocenters. The van der Waals surface area contributed by atoms with Crippen molar-refractivity contribution in [3.63, 3.8) is 0 Å². The van der Waals surface area contributed by atoms with Gasteiger partial charge in [-0.1, -0.05) is 0 Å². The number of H-pyrrole nitrogens is 1. The van der Waals surface area contributed by atoms with Gasteiger partial charge in [0.15, 0.2) is 5.65 Å². The van der Waals surface area contributed by atoms with Gasteiger partial charge in [0, 0.05) is 12.4 Å². The first-order chi connectivity index (χ1) is 4.79. The molecule has 3 N–H and O–H groups in total. The first-order valence-corrected chi connectivity index (χ1v) is 3.07. The van der Waals surface area contributed by atoms with Crippen LogP contribution in [0.3, 0.4) is 0 Å². The zero-order valence-corrected chi connectivity index (χ0v) is 5.63. The molecule has 0 aliphatic heterocycles. The third-order valence-corrected chi connectivity index (χ3v) is 1.57. The lowest BCUT2D eigenvalue weighted by Crippen LogP contribution is -1.84. The molecule has 0 saturated heterocycles. The number of nitrogens with two attached hydrogens (primary N) is 1. The number of aromatic nitrogens is 3. The van der Waals surface area contributed by atoms with Gasteiger partial charge >= 0.3 is 0 Å². The SMILES string of the molecule is Cc1nn2cc[nH]c2c1N. The van der Waals surface area contributed by atoms with Crippen molar-refractivity contribution in [3.05, 3.63) is 18.1 Å². The van der Waals surface area contributed by atoms with Crippen LogP contribution >= 0.6 is 0 Å². The lowest BCUT2D eigenvalue weighted by Gasteiger charge is -1.82. The Morgan fingerprint density at radius 2 is 2.50 bits per heavy atom. The summed E-state index contributed by atoms with van der Waals surface area (Å²) in [6.07, 6.45) is 3.64. The van der Waals surface area contributed by atoms with E-state index in [0.717, 1.165) is 17.0 Å². The van der Waals surface area contributed by atoms with E-state index in [9.17, 15) is 0 Å². The van der Waals surface area contributed by atoms with Gasteiger partial charge in [-0.25, -0.2) is 4.52 Å². The molecule has 2 aromatic rings. The maximum absolute atomic E-state index is 5.67. The molecular weight excluding hydrogens is 128 g/mol. The summed E-state index contributed by atoms with van der Waals surface area (Å²) >= 11 is 0. The summed E-state index contributed by atoms with van der Waals surface area (Å²) in [4.78, 5) is 2.98. The lowest BCUT2D eigenvalue weighted by atomic mass is 10.4. The van der Waals surface area contributed by atoms with Crippen LogP contribution in [0, 0.1) is 6.92 Å². The van der Waals surface area contributed by atoms with E-state index in [1.807, 2.05) is 13.1 Å². The Morgan fingerprint density at radius 1 is 1.70 bits per heavy atom. The highest BCUT2D eigenvalue weighted by Crippen LogP contribution is 2.13. The summed E-state index contributed by atoms with van der Waals surface area (Å²) in [6.45, 7) is 1.89. The molecule has 4 heteroatoms. The molecule has 10 heavy (non-hydrogen) atoms. The maximum Gasteiger partial charge on any atom is 0.156 e. The quantitative estimate of drug-likeness (QED) is 0.555. The number of hydrogen-bond donors (Lipinski definition) is 2. The van der Waals surface area contributed by atoms with E-state index in [1.165, 1.54) is 0 Å². The Morgan fingerprint density at radius 3 is 3.20 bits per heavy atom. The van der Waals surface area contributed by atoms with Gasteiger partial charge in [-0.3, -0.25) is 0 Å². The number of imidazole rings is 1. The smallest absolute Gasteiger partial charge is 0.156 e. The molecule has 0 spiro atoms. The van der Waals surface area contributed by atoms with Crippen molar-refractivity contribution in [1.82, 2.24) is 14.6 Å². The second kappa shape index (κ2) is 1.53. The largest absolute Gasteiger partial charge is 0.394 e. The summed E-state index contributed by atoms with van der Waals surface area (Å²) in [5, 5.41) is 4.13. The Kier molecular flexibility index (Phi) is 0.818. The summed E-state index contributed by atoms with van der Waals surface area (Å²) in [5.41, 5.74) is 8.14. The van der Waals surface area contributed by atoms with E-state index in [-0.39, 0.29) is 0 Å². The van der Waals surface area contributed by atoms with E-state index >= 15 is 0 Å². The minimum absolute atomic E-state index is 0.727. The Balaban J connectivity index is 2.95. The van der Waals surface area contributed by atoms with Crippen LogP contribution in [0.1, 0.15) is 5.69 Å². The fourth-order valence-electron chi connectivity index (χ4n) is 0.999. The van der Waals surface area contributed by atoms with Crippen LogP contribution in [-0.2, 0) is 0 Å². The number of nitrogens with one attached hydrogen (secondary N) is 1. The van der Waals surface area contributed by atoms with Crippen molar-refractivity contribution in [2.45, 2.75) is 6.92 Å². The molecular formula is C6H8N4. The second-order valence-electron chi connectivity index (χ2n) is 2.25. The lowest BCUT2D eigenvalue weighted by molar-refractivity contribution is 0.945. The summed E-state index contributed by atoms with van der Waals surface area (Å²) in [6, 6.07) is 0. The van der Waals surface area contributed by atoms with E-state index in [2.05, 4.69) is 10.1 Å². The fourth-order valence-corrected chi connectivity index (χ4v) is 0.999. The third-order valence-electron chi connectivity index (χ3n) is 1.57. The van der Waals surface area contributed by atoms with Crippen LogP contribution in [0.15, 0.2) is 12.4 Å². The first kappa shape index (κ1) is 5.34. The minimum atomic E-state index is 0.727. The van der Waals surface area contributed by atoms with E-state index in [1.54, 1.807) is 10.7 Å². The fraction of sp³-hybridized carbons (Fsp3) is 0.167. The molecule has 4 nitrogen and oxygen atoms in total. The molecule has 2 rings (SSSR count). The van der Waals surface area contributed by atoms with Crippen molar-refractivity contribution in [3.8, 4) is 0 Å². The van der Waals surface area contributed by atoms with Crippen LogP contribution in [0.4, 0.5) is 5.69 Å². The predicted octanol–water partition coefficient (Wildman–Crippen LogP) is 0.553. The van der Waals surface area contributed by atoms with Gasteiger partial charge in [-0.2, -0.15) is 5.10 Å². The van der Waals surface area contributed by atoms with Gasteiger partial charge in [0.05, 0.1) is 11.4 Å². The maximum atomic E-state index is 5.67. The Labute approximate surface area is 57.7 Å². The molecule has 0 fully saturated rings. The molecule has 0 amide bonds. The van der Waals surface area contributed by atoms with Gasteiger partial charge in [0.2, 0.25) is 0 Å². The van der Waals surface area contributed by atoms with Gasteiger partial charge < -0.3 is 10.7 Å². The Hall–Kier alpha value is -1.45. The molecule has 0 aliphatic carbocycles. The van der Waals surface area contributed by atoms with Gasteiger partial charge in [0.25, 0.3) is 0 Å². The summed E-state index contributed by atoms with van der Waals surface area (Å²) in [5.74, 6) is 0. The van der Waals surface area contributed by atoms with E-state index < -0.39 is 0 Å². The Bertz CT molecular complexity index is 357. The molecule has 0 aliphatic rings. The number of nitrogens with zero attached hydrogens (tertiary/aromatic N) is 2. The second-order valence-corrected chi connectivity index (χ2v) is 2.25. The van der Waals surface area contributed by atoms with Crippen molar-refractivity contribution in [2.24, 2.45) is 0 Å².